The zero-order valence-corrected chi connectivity index (χ0v) is 30.8. The molecule has 0 aliphatic rings. The predicted octanol–water partition coefficient (Wildman–Crippen LogP) is 12.5. The van der Waals surface area contributed by atoms with E-state index in [1.54, 1.807) is 0 Å². The van der Waals surface area contributed by atoms with E-state index in [2.05, 4.69) is 200 Å². The molecule has 0 amide bonds. The number of aromatic nitrogens is 2. The van der Waals surface area contributed by atoms with Crippen molar-refractivity contribution in [1.82, 2.24) is 9.97 Å². The van der Waals surface area contributed by atoms with E-state index in [-0.39, 0.29) is 0 Å². The fourth-order valence-corrected chi connectivity index (χ4v) is 10.8. The number of hydrogen-bond donors (Lipinski definition) is 0. The highest BCUT2D eigenvalue weighted by Crippen LogP contribution is 2.41. The van der Waals surface area contributed by atoms with Crippen molar-refractivity contribution in [1.29, 1.82) is 0 Å². The van der Waals surface area contributed by atoms with Gasteiger partial charge >= 0.3 is 0 Å². The van der Waals surface area contributed by atoms with Gasteiger partial charge in [0.2, 0.25) is 0 Å². The maximum absolute atomic E-state index is 5.47. The number of benzene rings is 9. The van der Waals surface area contributed by atoms with Crippen LogP contribution in [0.25, 0.3) is 87.4 Å². The summed E-state index contributed by atoms with van der Waals surface area (Å²) in [5, 5.41) is 16.0. The lowest BCUT2D eigenvalue weighted by Crippen LogP contribution is -2.21. The SMILES string of the molecule is c1ccc(-c2nc3cc(P(c4ccccc4)c4ccc5c(c4)nc(-c4ccccc4)c4ccc6ccccc6c45)ccc3c3c2ccc2ccccc23)cc1. The van der Waals surface area contributed by atoms with Crippen LogP contribution in [0.2, 0.25) is 0 Å². The average molecular weight is 717 g/mol. The molecule has 2 nitrogen and oxygen atoms in total. The number of nitrogens with zero attached hydrogens (tertiary/aromatic N) is 2. The number of rotatable bonds is 5. The van der Waals surface area contributed by atoms with E-state index in [1.807, 2.05) is 0 Å². The fraction of sp³-hybridized carbons (Fsp3) is 0. The smallest absolute Gasteiger partial charge is 0.0788 e. The Bertz CT molecular complexity index is 3050. The first-order chi connectivity index (χ1) is 27.3. The molecule has 0 unspecified atom stereocenters. The van der Waals surface area contributed by atoms with Crippen LogP contribution in [0.3, 0.4) is 0 Å². The summed E-state index contributed by atoms with van der Waals surface area (Å²) in [6, 6.07) is 72.5. The maximum atomic E-state index is 5.47. The third-order valence-electron chi connectivity index (χ3n) is 11.0. The summed E-state index contributed by atoms with van der Waals surface area (Å²) in [7, 11) is -0.956. The van der Waals surface area contributed by atoms with Crippen molar-refractivity contribution in [3.63, 3.8) is 0 Å². The molecule has 11 aromatic rings. The van der Waals surface area contributed by atoms with Crippen LogP contribution in [0.15, 0.2) is 200 Å². The van der Waals surface area contributed by atoms with Crippen molar-refractivity contribution in [2.75, 3.05) is 0 Å². The Balaban J connectivity index is 1.18. The van der Waals surface area contributed by atoms with E-state index in [1.165, 1.54) is 69.8 Å². The van der Waals surface area contributed by atoms with Crippen LogP contribution in [0.4, 0.5) is 0 Å². The molecule has 0 fully saturated rings. The van der Waals surface area contributed by atoms with Crippen molar-refractivity contribution < 1.29 is 0 Å². The minimum Gasteiger partial charge on any atom is -0.247 e. The second-order valence-electron chi connectivity index (χ2n) is 14.1. The van der Waals surface area contributed by atoms with Crippen LogP contribution in [-0.2, 0) is 0 Å². The standard InChI is InChI=1S/C52H33N2P/c1-4-16-36(17-5-1)51-45-28-24-34-14-10-12-22-41(34)49(45)43-30-26-39(32-47(43)53-51)55(38-20-8-3-9-21-38)40-27-31-44-48(33-40)54-52(37-18-6-2-7-19-37)46-29-25-35-15-11-13-23-42(35)50(44)46/h1-33H. The molecule has 0 spiro atoms. The minimum absolute atomic E-state index is 0.956. The molecular weight excluding hydrogens is 684 g/mol. The third kappa shape index (κ3) is 5.29. The highest BCUT2D eigenvalue weighted by Gasteiger charge is 2.21. The molecule has 0 bridgehead atoms. The van der Waals surface area contributed by atoms with Crippen molar-refractivity contribution in [2.45, 2.75) is 0 Å². The zero-order chi connectivity index (χ0) is 36.3. The number of fused-ring (bicyclic) bond motifs is 10. The molecule has 0 atom stereocenters. The largest absolute Gasteiger partial charge is 0.247 e. The summed E-state index contributed by atoms with van der Waals surface area (Å²) >= 11 is 0. The molecule has 3 heteroatoms. The molecule has 2 heterocycles. The van der Waals surface area contributed by atoms with Gasteiger partial charge in [0.05, 0.1) is 22.4 Å². The minimum atomic E-state index is -0.956. The summed E-state index contributed by atoms with van der Waals surface area (Å²) in [5.74, 6) is 0. The van der Waals surface area contributed by atoms with Gasteiger partial charge in [0, 0.05) is 43.4 Å². The predicted molar refractivity (Wildman–Crippen MR) is 237 cm³/mol. The Hall–Kier alpha value is -6.73. The average Bonchev–Trinajstić information content (AvgIpc) is 3.26. The van der Waals surface area contributed by atoms with Crippen molar-refractivity contribution in [2.24, 2.45) is 0 Å². The van der Waals surface area contributed by atoms with E-state index in [0.29, 0.717) is 0 Å². The van der Waals surface area contributed by atoms with Crippen LogP contribution < -0.4 is 15.9 Å². The van der Waals surface area contributed by atoms with Gasteiger partial charge in [-0.1, -0.05) is 188 Å². The molecule has 11 rings (SSSR count). The monoisotopic (exact) mass is 716 g/mol. The van der Waals surface area contributed by atoms with E-state index >= 15 is 0 Å². The van der Waals surface area contributed by atoms with Gasteiger partial charge in [-0.15, -0.1) is 0 Å². The second-order valence-corrected chi connectivity index (χ2v) is 16.4. The van der Waals surface area contributed by atoms with Crippen LogP contribution in [0, 0.1) is 0 Å². The van der Waals surface area contributed by atoms with Crippen LogP contribution in [0.5, 0.6) is 0 Å². The lowest BCUT2D eigenvalue weighted by Gasteiger charge is -2.21. The van der Waals surface area contributed by atoms with Gasteiger partial charge in [-0.25, -0.2) is 9.97 Å². The quantitative estimate of drug-likeness (QED) is 0.131. The van der Waals surface area contributed by atoms with Gasteiger partial charge in [-0.05, 0) is 57.5 Å². The van der Waals surface area contributed by atoms with Crippen LogP contribution >= 0.6 is 7.92 Å². The first-order valence-corrected chi connectivity index (χ1v) is 20.1. The van der Waals surface area contributed by atoms with Crippen molar-refractivity contribution in [3.05, 3.63) is 200 Å². The van der Waals surface area contributed by atoms with Crippen LogP contribution in [0.1, 0.15) is 0 Å². The van der Waals surface area contributed by atoms with Gasteiger partial charge in [-0.2, -0.15) is 0 Å². The summed E-state index contributed by atoms with van der Waals surface area (Å²) in [4.78, 5) is 10.9. The first kappa shape index (κ1) is 31.8. The van der Waals surface area contributed by atoms with Gasteiger partial charge in [0.15, 0.2) is 0 Å². The van der Waals surface area contributed by atoms with E-state index in [9.17, 15) is 0 Å². The van der Waals surface area contributed by atoms with E-state index < -0.39 is 7.92 Å². The molecule has 0 saturated heterocycles. The van der Waals surface area contributed by atoms with Crippen molar-refractivity contribution in [3.8, 4) is 22.5 Å². The Morgan fingerprint density at radius 2 is 0.691 bits per heavy atom. The summed E-state index contributed by atoms with van der Waals surface area (Å²) < 4.78 is 0. The van der Waals surface area contributed by atoms with Gasteiger partial charge in [0.1, 0.15) is 0 Å². The Kier molecular flexibility index (Phi) is 7.50. The molecule has 2 aromatic heterocycles. The third-order valence-corrected chi connectivity index (χ3v) is 13.4. The molecule has 0 aliphatic heterocycles. The lowest BCUT2D eigenvalue weighted by atomic mass is 9.95. The summed E-state index contributed by atoms with van der Waals surface area (Å²) in [6.07, 6.45) is 0. The molecular formula is C52H33N2P. The van der Waals surface area contributed by atoms with Crippen LogP contribution in [-0.4, -0.2) is 9.97 Å². The van der Waals surface area contributed by atoms with Gasteiger partial charge < -0.3 is 0 Å². The molecule has 0 radical (unpaired) electrons. The fourth-order valence-electron chi connectivity index (χ4n) is 8.46. The molecule has 0 aliphatic carbocycles. The van der Waals surface area contributed by atoms with E-state index in [0.717, 1.165) is 33.5 Å². The Morgan fingerprint density at radius 3 is 1.16 bits per heavy atom. The Morgan fingerprint density at radius 1 is 0.291 bits per heavy atom. The topological polar surface area (TPSA) is 25.8 Å². The molecule has 256 valence electrons. The summed E-state index contributed by atoms with van der Waals surface area (Å²) in [6.45, 7) is 0. The lowest BCUT2D eigenvalue weighted by molar-refractivity contribution is 1.43. The molecule has 0 N–H and O–H groups in total. The second kappa shape index (κ2) is 13.0. The summed E-state index contributed by atoms with van der Waals surface area (Å²) in [5.41, 5.74) is 6.28. The van der Waals surface area contributed by atoms with Crippen molar-refractivity contribution >= 4 is 88.7 Å². The first-order valence-electron chi connectivity index (χ1n) is 18.7. The zero-order valence-electron chi connectivity index (χ0n) is 29.9. The molecule has 55 heavy (non-hydrogen) atoms. The van der Waals surface area contributed by atoms with Gasteiger partial charge in [-0.3, -0.25) is 0 Å². The molecule has 0 saturated carbocycles. The normalized spacial score (nSPS) is 11.8. The van der Waals surface area contributed by atoms with E-state index in [4.69, 9.17) is 9.97 Å². The van der Waals surface area contributed by atoms with Gasteiger partial charge in [0.25, 0.3) is 0 Å². The number of pyridine rings is 2. The number of hydrogen-bond acceptors (Lipinski definition) is 2. The maximum Gasteiger partial charge on any atom is 0.0788 e. The Labute approximate surface area is 320 Å². The highest BCUT2D eigenvalue weighted by atomic mass is 31.1. The molecule has 9 aromatic carbocycles. The highest BCUT2D eigenvalue weighted by molar-refractivity contribution is 7.79.